The fourth-order valence-corrected chi connectivity index (χ4v) is 2.31. The van der Waals surface area contributed by atoms with Gasteiger partial charge in [-0.2, -0.15) is 18.3 Å². The SMILES string of the molecule is FC(F)(F)C1CCc2[nH]nc(NC3CC3)c2C1. The van der Waals surface area contributed by atoms with Gasteiger partial charge in [0.2, 0.25) is 0 Å². The van der Waals surface area contributed by atoms with E-state index in [2.05, 4.69) is 15.5 Å². The molecule has 3 nitrogen and oxygen atoms in total. The number of aryl methyl sites for hydroxylation is 1. The molecule has 1 aromatic rings. The molecule has 1 unspecified atom stereocenters. The topological polar surface area (TPSA) is 40.7 Å². The van der Waals surface area contributed by atoms with E-state index in [4.69, 9.17) is 0 Å². The summed E-state index contributed by atoms with van der Waals surface area (Å²) in [5.41, 5.74) is 1.61. The molecule has 0 amide bonds. The van der Waals surface area contributed by atoms with Gasteiger partial charge in [-0.3, -0.25) is 5.10 Å². The van der Waals surface area contributed by atoms with Gasteiger partial charge in [0.25, 0.3) is 0 Å². The van der Waals surface area contributed by atoms with Crippen molar-refractivity contribution in [2.75, 3.05) is 5.32 Å². The molecule has 0 spiro atoms. The van der Waals surface area contributed by atoms with Gasteiger partial charge in [-0.05, 0) is 32.1 Å². The third-order valence-corrected chi connectivity index (χ3v) is 3.53. The van der Waals surface area contributed by atoms with E-state index in [1.807, 2.05) is 0 Å². The van der Waals surface area contributed by atoms with E-state index in [0.717, 1.165) is 24.1 Å². The minimum atomic E-state index is -4.09. The van der Waals surface area contributed by atoms with E-state index in [0.29, 0.717) is 18.3 Å². The lowest BCUT2D eigenvalue weighted by Gasteiger charge is -2.24. The minimum absolute atomic E-state index is 0.0599. The molecule has 0 radical (unpaired) electrons. The smallest absolute Gasteiger partial charge is 0.366 e. The van der Waals surface area contributed by atoms with Crippen LogP contribution in [0.3, 0.4) is 0 Å². The highest BCUT2D eigenvalue weighted by molar-refractivity contribution is 5.49. The van der Waals surface area contributed by atoms with Gasteiger partial charge < -0.3 is 5.32 Å². The summed E-state index contributed by atoms with van der Waals surface area (Å²) in [4.78, 5) is 0. The lowest BCUT2D eigenvalue weighted by Crippen LogP contribution is -2.29. The predicted molar refractivity (Wildman–Crippen MR) is 56.8 cm³/mol. The molecular formula is C11H14F3N3. The Hall–Kier alpha value is -1.20. The lowest BCUT2D eigenvalue weighted by atomic mass is 9.87. The maximum absolute atomic E-state index is 12.7. The van der Waals surface area contributed by atoms with Gasteiger partial charge in [0.05, 0.1) is 5.92 Å². The summed E-state index contributed by atoms with van der Waals surface area (Å²) in [5.74, 6) is -0.580. The Kier molecular flexibility index (Phi) is 2.34. The first kappa shape index (κ1) is 10.9. The van der Waals surface area contributed by atoms with Crippen molar-refractivity contribution in [3.8, 4) is 0 Å². The average molecular weight is 245 g/mol. The van der Waals surface area contributed by atoms with Crippen LogP contribution in [0.1, 0.15) is 30.5 Å². The van der Waals surface area contributed by atoms with Crippen molar-refractivity contribution in [3.05, 3.63) is 11.3 Å². The second kappa shape index (κ2) is 3.65. The number of nitrogens with one attached hydrogen (secondary N) is 2. The van der Waals surface area contributed by atoms with Crippen molar-refractivity contribution in [2.24, 2.45) is 5.92 Å². The van der Waals surface area contributed by atoms with Crippen LogP contribution < -0.4 is 5.32 Å². The molecule has 0 aromatic carbocycles. The molecule has 94 valence electrons. The Balaban J connectivity index is 1.81. The number of halogens is 3. The van der Waals surface area contributed by atoms with Crippen molar-refractivity contribution in [2.45, 2.75) is 44.3 Å². The van der Waals surface area contributed by atoms with E-state index < -0.39 is 12.1 Å². The maximum Gasteiger partial charge on any atom is 0.392 e. The van der Waals surface area contributed by atoms with Crippen LogP contribution in [0.4, 0.5) is 19.0 Å². The molecule has 1 atom stereocenters. The largest absolute Gasteiger partial charge is 0.392 e. The number of hydrogen-bond donors (Lipinski definition) is 2. The first-order valence-electron chi connectivity index (χ1n) is 5.93. The third-order valence-electron chi connectivity index (χ3n) is 3.53. The Bertz CT molecular complexity index is 420. The van der Waals surface area contributed by atoms with Crippen LogP contribution in [0.2, 0.25) is 0 Å². The molecule has 1 saturated carbocycles. The molecule has 2 N–H and O–H groups in total. The van der Waals surface area contributed by atoms with Crippen LogP contribution in [-0.2, 0) is 12.8 Å². The molecule has 0 aliphatic heterocycles. The summed E-state index contributed by atoms with van der Waals surface area (Å²) in [7, 11) is 0. The number of anilines is 1. The molecule has 2 aliphatic rings. The molecule has 1 heterocycles. The van der Waals surface area contributed by atoms with Crippen molar-refractivity contribution >= 4 is 5.82 Å². The number of fused-ring (bicyclic) bond motifs is 1. The Labute approximate surface area is 96.8 Å². The van der Waals surface area contributed by atoms with Crippen molar-refractivity contribution < 1.29 is 13.2 Å². The number of alkyl halides is 3. The first-order chi connectivity index (χ1) is 8.04. The van der Waals surface area contributed by atoms with Crippen LogP contribution in [-0.4, -0.2) is 22.4 Å². The Morgan fingerprint density at radius 2 is 2.00 bits per heavy atom. The summed E-state index contributed by atoms with van der Waals surface area (Å²) in [6.45, 7) is 0. The van der Waals surface area contributed by atoms with Crippen molar-refractivity contribution in [1.29, 1.82) is 0 Å². The number of H-pyrrole nitrogens is 1. The van der Waals surface area contributed by atoms with Gasteiger partial charge in [-0.1, -0.05) is 0 Å². The number of nitrogens with zero attached hydrogens (tertiary/aromatic N) is 1. The highest BCUT2D eigenvalue weighted by Crippen LogP contribution is 2.39. The fraction of sp³-hybridized carbons (Fsp3) is 0.727. The summed E-state index contributed by atoms with van der Waals surface area (Å²) >= 11 is 0. The molecule has 3 rings (SSSR count). The van der Waals surface area contributed by atoms with Gasteiger partial charge in [-0.25, -0.2) is 0 Å². The van der Waals surface area contributed by atoms with E-state index in [9.17, 15) is 13.2 Å². The van der Waals surface area contributed by atoms with E-state index in [1.54, 1.807) is 0 Å². The standard InChI is InChI=1S/C11H14F3N3/c12-11(13,14)6-1-4-9-8(5-6)10(17-16-9)15-7-2-3-7/h6-7H,1-5H2,(H2,15,16,17). The summed E-state index contributed by atoms with van der Waals surface area (Å²) in [5, 5.41) is 10.1. The number of rotatable bonds is 2. The highest BCUT2D eigenvalue weighted by Gasteiger charge is 2.42. The molecule has 0 saturated heterocycles. The first-order valence-corrected chi connectivity index (χ1v) is 5.93. The zero-order valence-corrected chi connectivity index (χ0v) is 9.27. The van der Waals surface area contributed by atoms with Crippen molar-refractivity contribution in [1.82, 2.24) is 10.2 Å². The maximum atomic E-state index is 12.7. The summed E-state index contributed by atoms with van der Waals surface area (Å²) in [6.07, 6.45) is -1.24. The van der Waals surface area contributed by atoms with Crippen LogP contribution in [0.5, 0.6) is 0 Å². The van der Waals surface area contributed by atoms with Gasteiger partial charge in [-0.15, -0.1) is 0 Å². The quantitative estimate of drug-likeness (QED) is 0.841. The Morgan fingerprint density at radius 1 is 1.24 bits per heavy atom. The Morgan fingerprint density at radius 3 is 2.65 bits per heavy atom. The van der Waals surface area contributed by atoms with Gasteiger partial charge in [0.1, 0.15) is 0 Å². The lowest BCUT2D eigenvalue weighted by molar-refractivity contribution is -0.177. The molecule has 17 heavy (non-hydrogen) atoms. The zero-order chi connectivity index (χ0) is 12.0. The van der Waals surface area contributed by atoms with E-state index in [1.165, 1.54) is 0 Å². The predicted octanol–water partition coefficient (Wildman–Crippen LogP) is 2.65. The fourth-order valence-electron chi connectivity index (χ4n) is 2.31. The number of hydrogen-bond acceptors (Lipinski definition) is 2. The molecule has 6 heteroatoms. The summed E-state index contributed by atoms with van der Waals surface area (Å²) < 4.78 is 38.1. The van der Waals surface area contributed by atoms with Gasteiger partial charge in [0, 0.05) is 17.3 Å². The summed E-state index contributed by atoms with van der Waals surface area (Å²) in [6, 6.07) is 0.411. The van der Waals surface area contributed by atoms with Crippen molar-refractivity contribution in [3.63, 3.8) is 0 Å². The van der Waals surface area contributed by atoms with E-state index >= 15 is 0 Å². The minimum Gasteiger partial charge on any atom is -0.366 e. The van der Waals surface area contributed by atoms with Crippen LogP contribution >= 0.6 is 0 Å². The number of aromatic nitrogens is 2. The highest BCUT2D eigenvalue weighted by atomic mass is 19.4. The molecule has 1 aromatic heterocycles. The van der Waals surface area contributed by atoms with Crippen LogP contribution in [0, 0.1) is 5.92 Å². The zero-order valence-electron chi connectivity index (χ0n) is 9.27. The van der Waals surface area contributed by atoms with Crippen LogP contribution in [0.25, 0.3) is 0 Å². The van der Waals surface area contributed by atoms with Gasteiger partial charge >= 0.3 is 6.18 Å². The molecule has 1 fully saturated rings. The molecule has 2 aliphatic carbocycles. The number of aromatic amines is 1. The van der Waals surface area contributed by atoms with Crippen LogP contribution in [0.15, 0.2) is 0 Å². The normalized spacial score (nSPS) is 24.5. The second-order valence-corrected chi connectivity index (χ2v) is 4.93. The average Bonchev–Trinajstić information content (AvgIpc) is 2.98. The molecule has 0 bridgehead atoms. The van der Waals surface area contributed by atoms with E-state index in [-0.39, 0.29) is 12.8 Å². The molecular weight excluding hydrogens is 231 g/mol. The monoisotopic (exact) mass is 245 g/mol. The van der Waals surface area contributed by atoms with Gasteiger partial charge in [0.15, 0.2) is 5.82 Å². The second-order valence-electron chi connectivity index (χ2n) is 4.93. The third kappa shape index (κ3) is 2.12.